The highest BCUT2D eigenvalue weighted by Crippen LogP contribution is 2.47. The fourth-order valence-electron chi connectivity index (χ4n) is 7.27. The largest absolute Gasteiger partial charge is 0.394 e. The van der Waals surface area contributed by atoms with Gasteiger partial charge in [-0.3, -0.25) is 24.5 Å². The number of benzene rings is 3. The van der Waals surface area contributed by atoms with E-state index in [9.17, 15) is 34.7 Å². The summed E-state index contributed by atoms with van der Waals surface area (Å²) < 4.78 is 0. The van der Waals surface area contributed by atoms with Gasteiger partial charge in [-0.15, -0.1) is 0 Å². The van der Waals surface area contributed by atoms with E-state index in [2.05, 4.69) is 0 Å². The van der Waals surface area contributed by atoms with E-state index in [0.717, 1.165) is 48.1 Å². The summed E-state index contributed by atoms with van der Waals surface area (Å²) in [5.74, 6) is -1.56. The van der Waals surface area contributed by atoms with Gasteiger partial charge in [0, 0.05) is 55.2 Å². The van der Waals surface area contributed by atoms with Crippen LogP contribution >= 0.6 is 0 Å². The van der Waals surface area contributed by atoms with Gasteiger partial charge in [0.2, 0.25) is 11.8 Å². The van der Waals surface area contributed by atoms with Crippen LogP contribution in [0.1, 0.15) is 67.7 Å². The summed E-state index contributed by atoms with van der Waals surface area (Å²) in [5, 5.41) is 33.8. The molecule has 3 atom stereocenters. The summed E-state index contributed by atoms with van der Waals surface area (Å²) in [7, 11) is 0. The van der Waals surface area contributed by atoms with Crippen molar-refractivity contribution in [1.29, 1.82) is 0 Å². The van der Waals surface area contributed by atoms with E-state index < -0.39 is 22.3 Å². The number of carbonyl (C=O) groups is 3. The number of hydrogen-bond donors (Lipinski definition) is 2. The van der Waals surface area contributed by atoms with Crippen molar-refractivity contribution in [2.24, 2.45) is 5.92 Å². The van der Waals surface area contributed by atoms with Crippen molar-refractivity contribution in [3.63, 3.8) is 0 Å². The van der Waals surface area contributed by atoms with Gasteiger partial charge in [0.25, 0.3) is 11.6 Å². The smallest absolute Gasteiger partial charge is 0.269 e. The maximum absolute atomic E-state index is 14.1. The zero-order chi connectivity index (χ0) is 34.7. The number of nitrogens with zero attached hydrogens (tertiary/aromatic N) is 4. The van der Waals surface area contributed by atoms with E-state index in [0.29, 0.717) is 31.6 Å². The molecule has 3 heterocycles. The van der Waals surface area contributed by atoms with Crippen LogP contribution in [0.25, 0.3) is 0 Å². The minimum atomic E-state index is -2.12. The molecule has 3 aliphatic heterocycles. The second kappa shape index (κ2) is 14.3. The lowest BCUT2D eigenvalue weighted by molar-refractivity contribution is -0.385. The van der Waals surface area contributed by atoms with Gasteiger partial charge in [-0.1, -0.05) is 68.3 Å². The van der Waals surface area contributed by atoms with E-state index in [1.54, 1.807) is 24.0 Å². The Labute approximate surface area is 285 Å². The van der Waals surface area contributed by atoms with Gasteiger partial charge in [0.1, 0.15) is 0 Å². The molecule has 0 aromatic heterocycles. The Hall–Kier alpha value is -4.87. The van der Waals surface area contributed by atoms with E-state index in [4.69, 9.17) is 0 Å². The van der Waals surface area contributed by atoms with Gasteiger partial charge in [-0.05, 0) is 54.2 Å². The molecular formula is C38H42N4O7. The van der Waals surface area contributed by atoms with Gasteiger partial charge in [-0.2, -0.15) is 0 Å². The van der Waals surface area contributed by atoms with Crippen molar-refractivity contribution < 1.29 is 29.5 Å². The predicted octanol–water partition coefficient (Wildman–Crippen LogP) is 5.15. The molecule has 3 aromatic rings. The average Bonchev–Trinajstić information content (AvgIpc) is 3.31. The molecule has 11 heteroatoms. The van der Waals surface area contributed by atoms with Gasteiger partial charge in [-0.25, -0.2) is 0 Å². The van der Waals surface area contributed by atoms with Gasteiger partial charge < -0.3 is 24.9 Å². The summed E-state index contributed by atoms with van der Waals surface area (Å²) in [6.07, 6.45) is 8.23. The van der Waals surface area contributed by atoms with Crippen LogP contribution in [-0.2, 0) is 39.5 Å². The first-order valence-electron chi connectivity index (χ1n) is 17.0. The first kappa shape index (κ1) is 34.0. The van der Waals surface area contributed by atoms with Crippen molar-refractivity contribution in [3.8, 4) is 0 Å². The Morgan fingerprint density at radius 2 is 1.78 bits per heavy atom. The molecule has 49 heavy (non-hydrogen) atoms. The third-order valence-electron chi connectivity index (χ3n) is 10.1. The van der Waals surface area contributed by atoms with Crippen LogP contribution < -0.4 is 9.80 Å². The lowest BCUT2D eigenvalue weighted by Gasteiger charge is -2.36. The topological polar surface area (TPSA) is 145 Å². The van der Waals surface area contributed by atoms with Crippen molar-refractivity contribution in [2.75, 3.05) is 23.0 Å². The van der Waals surface area contributed by atoms with Crippen molar-refractivity contribution in [1.82, 2.24) is 4.90 Å². The van der Waals surface area contributed by atoms with E-state index in [1.807, 2.05) is 53.4 Å². The normalized spacial score (nSPS) is 21.7. The Bertz CT molecular complexity index is 1770. The first-order valence-corrected chi connectivity index (χ1v) is 17.0. The monoisotopic (exact) mass is 666 g/mol. The number of aliphatic hydroxyl groups excluding tert-OH is 1. The lowest BCUT2D eigenvalue weighted by Crippen LogP contribution is -2.46. The second-order valence-electron chi connectivity index (χ2n) is 13.2. The zero-order valence-corrected chi connectivity index (χ0v) is 27.7. The zero-order valence-electron chi connectivity index (χ0n) is 27.7. The number of nitro groups is 1. The lowest BCUT2D eigenvalue weighted by atomic mass is 9.82. The maximum atomic E-state index is 14.1. The fraction of sp³-hybridized carbons (Fsp3) is 0.395. The van der Waals surface area contributed by atoms with E-state index in [1.165, 1.54) is 23.1 Å². The second-order valence-corrected chi connectivity index (χ2v) is 13.2. The standard InChI is InChI=1S/C38H42N4O7/c1-26(9-8-13-36(45)40-24-29-11-6-5-10-28(29)21-32(40)25-43)38(47)33-22-31(42(48)49)18-19-34(33)41(37(38)46)23-27-14-16-30(17-15-27)39-20-7-3-2-4-12-35(39)44/h5-6,8-11,14-19,22,26,32,43,47H,2-4,7,12-13,20-21,23-25H2,1H3/b9-8+/t26-,32-,38+/m0/s1. The average molecular weight is 667 g/mol. The van der Waals surface area contributed by atoms with E-state index in [-0.39, 0.29) is 48.7 Å². The Kier molecular flexibility index (Phi) is 9.94. The molecule has 0 unspecified atom stereocenters. The molecule has 3 amide bonds. The summed E-state index contributed by atoms with van der Waals surface area (Å²) in [4.78, 5) is 56.2. The molecule has 0 saturated carbocycles. The molecular weight excluding hydrogens is 624 g/mol. The van der Waals surface area contributed by atoms with Crippen molar-refractivity contribution >= 4 is 34.8 Å². The molecule has 0 bridgehead atoms. The number of hydrogen-bond acceptors (Lipinski definition) is 7. The molecule has 0 radical (unpaired) electrons. The maximum Gasteiger partial charge on any atom is 0.269 e. The molecule has 0 aliphatic carbocycles. The van der Waals surface area contributed by atoms with Crippen LogP contribution in [0.5, 0.6) is 0 Å². The van der Waals surface area contributed by atoms with Crippen LogP contribution in [0, 0.1) is 16.0 Å². The summed E-state index contributed by atoms with van der Waals surface area (Å²) in [6, 6.07) is 19.0. The highest BCUT2D eigenvalue weighted by atomic mass is 16.6. The number of nitro benzene ring substituents is 1. The van der Waals surface area contributed by atoms with Gasteiger partial charge >= 0.3 is 0 Å². The molecule has 11 nitrogen and oxygen atoms in total. The highest BCUT2D eigenvalue weighted by Gasteiger charge is 2.53. The number of rotatable bonds is 9. The Balaban J connectivity index is 1.20. The van der Waals surface area contributed by atoms with Crippen LogP contribution in [0.15, 0.2) is 78.9 Å². The third kappa shape index (κ3) is 6.73. The molecule has 1 fully saturated rings. The van der Waals surface area contributed by atoms with Crippen LogP contribution in [-0.4, -0.2) is 57.0 Å². The Morgan fingerprint density at radius 1 is 1.04 bits per heavy atom. The number of anilines is 2. The number of aliphatic hydroxyl groups is 2. The van der Waals surface area contributed by atoms with Crippen molar-refractivity contribution in [2.45, 2.75) is 76.6 Å². The van der Waals surface area contributed by atoms with E-state index >= 15 is 0 Å². The van der Waals surface area contributed by atoms with Crippen LogP contribution in [0.4, 0.5) is 17.1 Å². The number of non-ortho nitro benzene ring substituents is 1. The SMILES string of the molecule is C[C@@H](/C=C/CC(=O)N1Cc2ccccc2C[C@H]1CO)[C@]1(O)C(=O)N(Cc2ccc(N3CCCCCCC3=O)cc2)c2ccc([N+](=O)[O-])cc21. The molecule has 1 saturated heterocycles. The fourth-order valence-corrected chi connectivity index (χ4v) is 7.27. The first-order chi connectivity index (χ1) is 23.6. The molecule has 0 spiro atoms. The molecule has 256 valence electrons. The minimum absolute atomic E-state index is 0.00927. The quantitative estimate of drug-likeness (QED) is 0.183. The van der Waals surface area contributed by atoms with Crippen LogP contribution in [0.3, 0.4) is 0 Å². The molecule has 3 aliphatic rings. The van der Waals surface area contributed by atoms with Gasteiger partial charge in [0.15, 0.2) is 5.60 Å². The number of fused-ring (bicyclic) bond motifs is 2. The van der Waals surface area contributed by atoms with Crippen LogP contribution in [0.2, 0.25) is 0 Å². The molecule has 6 rings (SSSR count). The number of carbonyl (C=O) groups excluding carboxylic acids is 3. The minimum Gasteiger partial charge on any atom is -0.394 e. The summed E-state index contributed by atoms with van der Waals surface area (Å²) >= 11 is 0. The highest BCUT2D eigenvalue weighted by molar-refractivity contribution is 6.07. The van der Waals surface area contributed by atoms with Gasteiger partial charge in [0.05, 0.1) is 29.8 Å². The number of amides is 3. The molecule has 2 N–H and O–H groups in total. The molecule has 3 aromatic carbocycles. The summed E-state index contributed by atoms with van der Waals surface area (Å²) in [5.41, 5.74) is 1.83. The third-order valence-corrected chi connectivity index (χ3v) is 10.1. The summed E-state index contributed by atoms with van der Waals surface area (Å²) in [6.45, 7) is 2.63. The predicted molar refractivity (Wildman–Crippen MR) is 185 cm³/mol. The van der Waals surface area contributed by atoms with Crippen molar-refractivity contribution in [3.05, 3.63) is 111 Å². The Morgan fingerprint density at radius 3 is 2.51 bits per heavy atom.